The van der Waals surface area contributed by atoms with Crippen molar-refractivity contribution in [2.24, 2.45) is 0 Å². The molecule has 24 heavy (non-hydrogen) atoms. The molecule has 0 unspecified atom stereocenters. The van der Waals surface area contributed by atoms with Gasteiger partial charge >= 0.3 is 0 Å². The minimum Gasteiger partial charge on any atom is -0.486 e. The number of hydrogen-bond donors (Lipinski definition) is 0. The first-order valence-electron chi connectivity index (χ1n) is 8.55. The molecular formula is C20H24N2O2. The van der Waals surface area contributed by atoms with Gasteiger partial charge in [0.15, 0.2) is 0 Å². The summed E-state index contributed by atoms with van der Waals surface area (Å²) < 4.78 is 13.6. The normalized spacial score (nSPS) is 11.1. The summed E-state index contributed by atoms with van der Waals surface area (Å²) in [5.74, 6) is 1.80. The van der Waals surface area contributed by atoms with Gasteiger partial charge < -0.3 is 14.0 Å². The Morgan fingerprint density at radius 2 is 1.79 bits per heavy atom. The largest absolute Gasteiger partial charge is 0.486 e. The quantitative estimate of drug-likeness (QED) is 0.582. The number of fused-ring (bicyclic) bond motifs is 1. The van der Waals surface area contributed by atoms with Crippen molar-refractivity contribution in [1.82, 2.24) is 9.55 Å². The van der Waals surface area contributed by atoms with Crippen molar-refractivity contribution in [3.63, 3.8) is 0 Å². The molecule has 2 aromatic carbocycles. The Kier molecular flexibility index (Phi) is 5.49. The number of nitrogens with zero attached hydrogens (tertiary/aromatic N) is 2. The number of rotatable bonds is 8. The summed E-state index contributed by atoms with van der Waals surface area (Å²) in [4.78, 5) is 4.72. The van der Waals surface area contributed by atoms with Crippen LogP contribution in [0.1, 0.15) is 25.2 Å². The first-order chi connectivity index (χ1) is 11.8. The summed E-state index contributed by atoms with van der Waals surface area (Å²) in [6.45, 7) is 6.79. The highest BCUT2D eigenvalue weighted by Crippen LogP contribution is 2.19. The van der Waals surface area contributed by atoms with E-state index in [2.05, 4.69) is 29.7 Å². The molecular weight excluding hydrogens is 300 g/mol. The van der Waals surface area contributed by atoms with E-state index >= 15 is 0 Å². The zero-order valence-electron chi connectivity index (χ0n) is 14.4. The van der Waals surface area contributed by atoms with Crippen molar-refractivity contribution >= 4 is 11.0 Å². The van der Waals surface area contributed by atoms with Crippen molar-refractivity contribution in [3.8, 4) is 5.75 Å². The van der Waals surface area contributed by atoms with Gasteiger partial charge in [0.05, 0.1) is 17.6 Å². The van der Waals surface area contributed by atoms with Crippen molar-refractivity contribution in [2.45, 2.75) is 33.4 Å². The van der Waals surface area contributed by atoms with Gasteiger partial charge in [-0.2, -0.15) is 0 Å². The summed E-state index contributed by atoms with van der Waals surface area (Å²) in [6.07, 6.45) is 1.04. The summed E-state index contributed by atoms with van der Waals surface area (Å²) in [7, 11) is 0. The standard InChI is InChI=1S/C20H24N2O2/c1-3-16-9-11-17(12-10-16)24-15-20-21-18-7-5-6-8-19(18)22(20)13-14-23-4-2/h5-12H,3-4,13-15H2,1-2H3. The Hall–Kier alpha value is -2.33. The van der Waals surface area contributed by atoms with Crippen LogP contribution < -0.4 is 4.74 Å². The summed E-state index contributed by atoms with van der Waals surface area (Å²) in [5, 5.41) is 0. The average Bonchev–Trinajstić information content (AvgIpc) is 2.98. The third kappa shape index (κ3) is 3.77. The number of ether oxygens (including phenoxy) is 2. The van der Waals surface area contributed by atoms with Gasteiger partial charge in [-0.05, 0) is 43.2 Å². The summed E-state index contributed by atoms with van der Waals surface area (Å²) in [6, 6.07) is 16.4. The average molecular weight is 324 g/mol. The van der Waals surface area contributed by atoms with Gasteiger partial charge in [0.1, 0.15) is 18.2 Å². The molecule has 0 bridgehead atoms. The molecule has 126 valence electrons. The van der Waals surface area contributed by atoms with E-state index in [1.807, 2.05) is 37.3 Å². The van der Waals surface area contributed by atoms with E-state index in [-0.39, 0.29) is 0 Å². The SMILES string of the molecule is CCOCCn1c(COc2ccc(CC)cc2)nc2ccccc21. The highest BCUT2D eigenvalue weighted by Gasteiger charge is 2.11. The van der Waals surface area contributed by atoms with Crippen LogP contribution in [0.5, 0.6) is 5.75 Å². The second kappa shape index (κ2) is 7.97. The van der Waals surface area contributed by atoms with E-state index in [1.165, 1.54) is 5.56 Å². The molecule has 0 fully saturated rings. The molecule has 0 N–H and O–H groups in total. The third-order valence-electron chi connectivity index (χ3n) is 4.10. The van der Waals surface area contributed by atoms with Crippen LogP contribution in [0.25, 0.3) is 11.0 Å². The fourth-order valence-electron chi connectivity index (χ4n) is 2.75. The van der Waals surface area contributed by atoms with Crippen molar-refractivity contribution in [3.05, 3.63) is 59.9 Å². The molecule has 0 saturated carbocycles. The zero-order valence-corrected chi connectivity index (χ0v) is 14.4. The Morgan fingerprint density at radius 3 is 2.54 bits per heavy atom. The van der Waals surface area contributed by atoms with Crippen LogP contribution in [0.3, 0.4) is 0 Å². The molecule has 3 aromatic rings. The fourth-order valence-corrected chi connectivity index (χ4v) is 2.75. The van der Waals surface area contributed by atoms with Gasteiger partial charge in [-0.15, -0.1) is 0 Å². The lowest BCUT2D eigenvalue weighted by molar-refractivity contribution is 0.138. The van der Waals surface area contributed by atoms with E-state index in [0.717, 1.165) is 42.2 Å². The maximum Gasteiger partial charge on any atom is 0.148 e. The maximum absolute atomic E-state index is 5.94. The molecule has 0 radical (unpaired) electrons. The molecule has 0 spiro atoms. The van der Waals surface area contributed by atoms with Crippen LogP contribution in [-0.2, 0) is 24.3 Å². The van der Waals surface area contributed by atoms with E-state index in [0.29, 0.717) is 13.2 Å². The molecule has 1 aromatic heterocycles. The molecule has 4 heteroatoms. The molecule has 4 nitrogen and oxygen atoms in total. The van der Waals surface area contributed by atoms with E-state index in [4.69, 9.17) is 14.5 Å². The van der Waals surface area contributed by atoms with Gasteiger partial charge in [0, 0.05) is 13.2 Å². The minimum absolute atomic E-state index is 0.451. The van der Waals surface area contributed by atoms with E-state index in [9.17, 15) is 0 Å². The highest BCUT2D eigenvalue weighted by atomic mass is 16.5. The molecule has 0 saturated heterocycles. The predicted molar refractivity (Wildman–Crippen MR) is 96.4 cm³/mol. The highest BCUT2D eigenvalue weighted by molar-refractivity contribution is 5.75. The van der Waals surface area contributed by atoms with Crippen molar-refractivity contribution < 1.29 is 9.47 Å². The predicted octanol–water partition coefficient (Wildman–Crippen LogP) is 4.21. The second-order valence-corrected chi connectivity index (χ2v) is 5.65. The van der Waals surface area contributed by atoms with Crippen LogP contribution in [-0.4, -0.2) is 22.8 Å². The number of hydrogen-bond acceptors (Lipinski definition) is 3. The Labute approximate surface area is 143 Å². The lowest BCUT2D eigenvalue weighted by atomic mass is 10.2. The Bertz CT molecular complexity index is 778. The molecule has 0 aliphatic rings. The lowest BCUT2D eigenvalue weighted by Gasteiger charge is -2.11. The van der Waals surface area contributed by atoms with E-state index < -0.39 is 0 Å². The van der Waals surface area contributed by atoms with Crippen molar-refractivity contribution in [2.75, 3.05) is 13.2 Å². The van der Waals surface area contributed by atoms with Crippen LogP contribution in [0.15, 0.2) is 48.5 Å². The fraction of sp³-hybridized carbons (Fsp3) is 0.350. The smallest absolute Gasteiger partial charge is 0.148 e. The van der Waals surface area contributed by atoms with E-state index in [1.54, 1.807) is 0 Å². The van der Waals surface area contributed by atoms with Crippen molar-refractivity contribution in [1.29, 1.82) is 0 Å². The number of aromatic nitrogens is 2. The lowest BCUT2D eigenvalue weighted by Crippen LogP contribution is -2.11. The first kappa shape index (κ1) is 16.5. The summed E-state index contributed by atoms with van der Waals surface area (Å²) >= 11 is 0. The molecule has 3 rings (SSSR count). The van der Waals surface area contributed by atoms with Gasteiger partial charge in [-0.25, -0.2) is 4.98 Å². The first-order valence-corrected chi connectivity index (χ1v) is 8.55. The minimum atomic E-state index is 0.451. The van der Waals surface area contributed by atoms with Crippen LogP contribution >= 0.6 is 0 Å². The van der Waals surface area contributed by atoms with Gasteiger partial charge in [0.25, 0.3) is 0 Å². The maximum atomic E-state index is 5.94. The molecule has 0 atom stereocenters. The van der Waals surface area contributed by atoms with Crippen LogP contribution in [0.4, 0.5) is 0 Å². The third-order valence-corrected chi connectivity index (χ3v) is 4.10. The van der Waals surface area contributed by atoms with Crippen LogP contribution in [0, 0.1) is 0 Å². The Morgan fingerprint density at radius 1 is 1.00 bits per heavy atom. The topological polar surface area (TPSA) is 36.3 Å². The zero-order chi connectivity index (χ0) is 16.8. The molecule has 0 aliphatic carbocycles. The van der Waals surface area contributed by atoms with Gasteiger partial charge in [-0.3, -0.25) is 0 Å². The number of imidazole rings is 1. The van der Waals surface area contributed by atoms with Crippen LogP contribution in [0.2, 0.25) is 0 Å². The molecule has 1 heterocycles. The number of aryl methyl sites for hydroxylation is 1. The van der Waals surface area contributed by atoms with Gasteiger partial charge in [0.2, 0.25) is 0 Å². The number of benzene rings is 2. The second-order valence-electron chi connectivity index (χ2n) is 5.65. The molecule has 0 amide bonds. The number of para-hydroxylation sites is 2. The monoisotopic (exact) mass is 324 g/mol. The van der Waals surface area contributed by atoms with Gasteiger partial charge in [-0.1, -0.05) is 31.2 Å². The summed E-state index contributed by atoms with van der Waals surface area (Å²) in [5.41, 5.74) is 3.43. The molecule has 0 aliphatic heterocycles. The Balaban J connectivity index is 1.77.